The molecule has 9 heteroatoms. The van der Waals surface area contributed by atoms with Gasteiger partial charge in [-0.15, -0.1) is 0 Å². The van der Waals surface area contributed by atoms with E-state index in [1.807, 2.05) is 19.1 Å². The van der Waals surface area contributed by atoms with Gasteiger partial charge in [-0.3, -0.25) is 9.10 Å². The van der Waals surface area contributed by atoms with Crippen molar-refractivity contribution in [3.63, 3.8) is 0 Å². The fourth-order valence-corrected chi connectivity index (χ4v) is 5.32. The van der Waals surface area contributed by atoms with Gasteiger partial charge in [0.15, 0.2) is 0 Å². The van der Waals surface area contributed by atoms with Crippen LogP contribution in [0.4, 0.5) is 5.69 Å². The van der Waals surface area contributed by atoms with E-state index in [4.69, 9.17) is 9.47 Å². The minimum atomic E-state index is -3.99. The summed E-state index contributed by atoms with van der Waals surface area (Å²) in [5.41, 5.74) is 1.41. The standard InChI is InChI=1S/C21H25BrN2O5S/c1-15-5-7-16(8-6-15)24(14-21(25)23-13-17-4-3-11-29-17)30(26,27)18-9-10-20(28-2)19(22)12-18/h5-10,12,17H,3-4,11,13-14H2,1-2H3,(H,23,25). The molecule has 1 atom stereocenters. The number of carbonyl (C=O) groups is 1. The van der Waals surface area contributed by atoms with Crippen LogP contribution < -0.4 is 14.4 Å². The zero-order chi connectivity index (χ0) is 21.7. The van der Waals surface area contributed by atoms with Crippen molar-refractivity contribution in [2.24, 2.45) is 0 Å². The second kappa shape index (κ2) is 9.80. The van der Waals surface area contributed by atoms with Gasteiger partial charge < -0.3 is 14.8 Å². The normalized spacial score (nSPS) is 16.3. The molecular formula is C21H25BrN2O5S. The minimum absolute atomic E-state index is 0.0177. The summed E-state index contributed by atoms with van der Waals surface area (Å²) in [6.07, 6.45) is 1.84. The summed E-state index contributed by atoms with van der Waals surface area (Å²) in [4.78, 5) is 12.7. The second-order valence-corrected chi connectivity index (χ2v) is 9.80. The van der Waals surface area contributed by atoms with Crippen molar-refractivity contribution in [2.45, 2.75) is 30.8 Å². The number of nitrogens with zero attached hydrogens (tertiary/aromatic N) is 1. The molecule has 0 aromatic heterocycles. The summed E-state index contributed by atoms with van der Waals surface area (Å²) in [6.45, 7) is 2.64. The van der Waals surface area contributed by atoms with E-state index < -0.39 is 10.0 Å². The van der Waals surface area contributed by atoms with Crippen LogP contribution in [0.1, 0.15) is 18.4 Å². The molecule has 1 aliphatic heterocycles. The molecule has 2 aromatic carbocycles. The van der Waals surface area contributed by atoms with Crippen molar-refractivity contribution in [3.05, 3.63) is 52.5 Å². The lowest BCUT2D eigenvalue weighted by Crippen LogP contribution is -2.42. The predicted molar refractivity (Wildman–Crippen MR) is 118 cm³/mol. The van der Waals surface area contributed by atoms with Gasteiger partial charge in [-0.1, -0.05) is 17.7 Å². The zero-order valence-electron chi connectivity index (χ0n) is 16.9. The minimum Gasteiger partial charge on any atom is -0.496 e. The number of ether oxygens (including phenoxy) is 2. The lowest BCUT2D eigenvalue weighted by Gasteiger charge is -2.25. The van der Waals surface area contributed by atoms with Crippen molar-refractivity contribution in [2.75, 3.05) is 31.1 Å². The van der Waals surface area contributed by atoms with Gasteiger partial charge in [0.05, 0.1) is 28.3 Å². The maximum Gasteiger partial charge on any atom is 0.264 e. The predicted octanol–water partition coefficient (Wildman–Crippen LogP) is 3.26. The van der Waals surface area contributed by atoms with Gasteiger partial charge in [0.2, 0.25) is 5.91 Å². The van der Waals surface area contributed by atoms with Gasteiger partial charge in [0.1, 0.15) is 12.3 Å². The van der Waals surface area contributed by atoms with E-state index >= 15 is 0 Å². The van der Waals surface area contributed by atoms with Gasteiger partial charge in [0.25, 0.3) is 10.0 Å². The Morgan fingerprint density at radius 2 is 2.00 bits per heavy atom. The first-order valence-electron chi connectivity index (χ1n) is 9.62. The van der Waals surface area contributed by atoms with Gasteiger partial charge in [-0.25, -0.2) is 8.42 Å². The molecule has 3 rings (SSSR count). The van der Waals surface area contributed by atoms with Crippen molar-refractivity contribution in [3.8, 4) is 5.75 Å². The number of hydrogen-bond acceptors (Lipinski definition) is 5. The quantitative estimate of drug-likeness (QED) is 0.606. The van der Waals surface area contributed by atoms with E-state index in [1.54, 1.807) is 18.2 Å². The van der Waals surface area contributed by atoms with Crippen molar-refractivity contribution >= 4 is 37.5 Å². The Morgan fingerprint density at radius 1 is 1.27 bits per heavy atom. The summed E-state index contributed by atoms with van der Waals surface area (Å²) in [7, 11) is -2.49. The van der Waals surface area contributed by atoms with E-state index in [0.29, 0.717) is 29.1 Å². The van der Waals surface area contributed by atoms with Gasteiger partial charge in [-0.05, 0) is 66.0 Å². The second-order valence-electron chi connectivity index (χ2n) is 7.08. The Morgan fingerprint density at radius 3 is 2.60 bits per heavy atom. The van der Waals surface area contributed by atoms with Crippen molar-refractivity contribution in [1.82, 2.24) is 5.32 Å². The van der Waals surface area contributed by atoms with Crippen LogP contribution in [-0.4, -0.2) is 47.2 Å². The first-order chi connectivity index (χ1) is 14.3. The van der Waals surface area contributed by atoms with Gasteiger partial charge >= 0.3 is 0 Å². The van der Waals surface area contributed by atoms with Crippen LogP contribution in [0.2, 0.25) is 0 Å². The molecule has 1 aliphatic rings. The van der Waals surface area contributed by atoms with Crippen molar-refractivity contribution in [1.29, 1.82) is 0 Å². The molecule has 0 spiro atoms. The van der Waals surface area contributed by atoms with Crippen LogP contribution in [0, 0.1) is 6.92 Å². The molecule has 1 unspecified atom stereocenters. The van der Waals surface area contributed by atoms with Crippen LogP contribution in [-0.2, 0) is 19.6 Å². The zero-order valence-corrected chi connectivity index (χ0v) is 19.3. The smallest absolute Gasteiger partial charge is 0.264 e. The van der Waals surface area contributed by atoms with E-state index in [9.17, 15) is 13.2 Å². The summed E-state index contributed by atoms with van der Waals surface area (Å²) < 4.78 is 39.2. The number of amides is 1. The van der Waals surface area contributed by atoms with Crippen molar-refractivity contribution < 1.29 is 22.7 Å². The van der Waals surface area contributed by atoms with Crippen LogP contribution in [0.25, 0.3) is 0 Å². The average molecular weight is 497 g/mol. The Hall–Kier alpha value is -2.10. The van der Waals surface area contributed by atoms with Gasteiger partial charge in [0, 0.05) is 13.2 Å². The highest BCUT2D eigenvalue weighted by Gasteiger charge is 2.28. The summed E-state index contributed by atoms with van der Waals surface area (Å²) in [5.74, 6) is 0.132. The highest BCUT2D eigenvalue weighted by Crippen LogP contribution is 2.30. The molecule has 1 saturated heterocycles. The molecule has 7 nitrogen and oxygen atoms in total. The molecule has 0 radical (unpaired) electrons. The van der Waals surface area contributed by atoms with E-state index in [-0.39, 0.29) is 23.5 Å². The summed E-state index contributed by atoms with van der Waals surface area (Å²) in [6, 6.07) is 11.5. The monoisotopic (exact) mass is 496 g/mol. The highest BCUT2D eigenvalue weighted by molar-refractivity contribution is 9.10. The molecule has 162 valence electrons. The molecular weight excluding hydrogens is 472 g/mol. The number of carbonyl (C=O) groups excluding carboxylic acids is 1. The number of benzene rings is 2. The third-order valence-electron chi connectivity index (χ3n) is 4.87. The molecule has 1 fully saturated rings. The molecule has 1 amide bonds. The average Bonchev–Trinajstić information content (AvgIpc) is 3.25. The Kier molecular flexibility index (Phi) is 7.38. The van der Waals surface area contributed by atoms with Crippen LogP contribution in [0.3, 0.4) is 0 Å². The maximum atomic E-state index is 13.4. The SMILES string of the molecule is COc1ccc(S(=O)(=O)N(CC(=O)NCC2CCCO2)c2ccc(C)cc2)cc1Br. The maximum absolute atomic E-state index is 13.4. The molecule has 0 bridgehead atoms. The molecule has 0 aliphatic carbocycles. The largest absolute Gasteiger partial charge is 0.496 e. The summed E-state index contributed by atoms with van der Waals surface area (Å²) in [5, 5.41) is 2.79. The Bertz CT molecular complexity index is 989. The number of anilines is 1. The molecule has 30 heavy (non-hydrogen) atoms. The van der Waals surface area contributed by atoms with E-state index in [0.717, 1.165) is 22.7 Å². The summed E-state index contributed by atoms with van der Waals surface area (Å²) >= 11 is 3.33. The Balaban J connectivity index is 1.87. The number of hydrogen-bond donors (Lipinski definition) is 1. The lowest BCUT2D eigenvalue weighted by molar-refractivity contribution is -0.120. The van der Waals surface area contributed by atoms with Crippen LogP contribution in [0.15, 0.2) is 51.8 Å². The fraction of sp³-hybridized carbons (Fsp3) is 0.381. The van der Waals surface area contributed by atoms with Crippen LogP contribution in [0.5, 0.6) is 5.75 Å². The molecule has 2 aromatic rings. The van der Waals surface area contributed by atoms with Gasteiger partial charge in [-0.2, -0.15) is 0 Å². The first-order valence-corrected chi connectivity index (χ1v) is 11.9. The molecule has 0 saturated carbocycles. The number of methoxy groups -OCH3 is 1. The Labute approximate surface area is 185 Å². The first kappa shape index (κ1) is 22.6. The number of rotatable bonds is 8. The highest BCUT2D eigenvalue weighted by atomic mass is 79.9. The molecule has 1 N–H and O–H groups in total. The number of halogens is 1. The third-order valence-corrected chi connectivity index (χ3v) is 7.26. The topological polar surface area (TPSA) is 84.9 Å². The fourth-order valence-electron chi connectivity index (χ4n) is 3.18. The van der Waals surface area contributed by atoms with E-state index in [1.165, 1.54) is 19.2 Å². The van der Waals surface area contributed by atoms with E-state index in [2.05, 4.69) is 21.2 Å². The number of aryl methyl sites for hydroxylation is 1. The lowest BCUT2D eigenvalue weighted by atomic mass is 10.2. The number of sulfonamides is 1. The van der Waals surface area contributed by atoms with Crippen LogP contribution >= 0.6 is 15.9 Å². The number of nitrogens with one attached hydrogen (secondary N) is 1. The molecule has 1 heterocycles. The third kappa shape index (κ3) is 5.33.